The first-order valence-electron chi connectivity index (χ1n) is 7.48. The summed E-state index contributed by atoms with van der Waals surface area (Å²) in [6.45, 7) is 3.64. The lowest BCUT2D eigenvalue weighted by Crippen LogP contribution is -2.47. The average molecular weight is 300 g/mol. The Hall–Kier alpha value is -1.34. The van der Waals surface area contributed by atoms with Crippen LogP contribution in [0.15, 0.2) is 0 Å². The SMILES string of the molecule is CCC1OCCC1CNC(=O)N1CC(OC)CC1C(=O)O. The molecule has 2 amide bonds. The number of ether oxygens (including phenoxy) is 2. The van der Waals surface area contributed by atoms with Gasteiger partial charge in [-0.2, -0.15) is 0 Å². The maximum absolute atomic E-state index is 12.2. The Morgan fingerprint density at radius 1 is 1.48 bits per heavy atom. The molecule has 7 nitrogen and oxygen atoms in total. The normalized spacial score (nSPS) is 32.4. The number of hydrogen-bond acceptors (Lipinski definition) is 4. The lowest BCUT2D eigenvalue weighted by Gasteiger charge is -2.24. The second kappa shape index (κ2) is 7.09. The molecule has 0 aromatic heterocycles. The third kappa shape index (κ3) is 3.65. The van der Waals surface area contributed by atoms with E-state index in [0.717, 1.165) is 19.4 Å². The van der Waals surface area contributed by atoms with Crippen molar-refractivity contribution in [2.45, 2.75) is 44.4 Å². The highest BCUT2D eigenvalue weighted by molar-refractivity contribution is 5.83. The number of rotatable bonds is 5. The van der Waals surface area contributed by atoms with Crippen LogP contribution in [-0.2, 0) is 14.3 Å². The van der Waals surface area contributed by atoms with E-state index in [2.05, 4.69) is 12.2 Å². The number of methoxy groups -OCH3 is 1. The van der Waals surface area contributed by atoms with Crippen molar-refractivity contribution in [1.82, 2.24) is 10.2 Å². The molecule has 0 bridgehead atoms. The first-order chi connectivity index (χ1) is 10.1. The zero-order valence-corrected chi connectivity index (χ0v) is 12.6. The predicted molar refractivity (Wildman–Crippen MR) is 75.1 cm³/mol. The lowest BCUT2D eigenvalue weighted by molar-refractivity contribution is -0.141. The molecular weight excluding hydrogens is 276 g/mol. The molecule has 4 atom stereocenters. The third-order valence-corrected chi connectivity index (χ3v) is 4.41. The minimum absolute atomic E-state index is 0.186. The fourth-order valence-corrected chi connectivity index (χ4v) is 3.12. The number of aliphatic carboxylic acids is 1. The highest BCUT2D eigenvalue weighted by Crippen LogP contribution is 2.23. The molecule has 7 heteroatoms. The summed E-state index contributed by atoms with van der Waals surface area (Å²) >= 11 is 0. The smallest absolute Gasteiger partial charge is 0.326 e. The standard InChI is InChI=1S/C14H24N2O5/c1-3-12-9(4-5-21-12)7-15-14(19)16-8-10(20-2)6-11(16)13(17)18/h9-12H,3-8H2,1-2H3,(H,15,19)(H,17,18). The van der Waals surface area contributed by atoms with Crippen molar-refractivity contribution in [3.8, 4) is 0 Å². The molecule has 2 rings (SSSR count). The summed E-state index contributed by atoms with van der Waals surface area (Å²) in [5.41, 5.74) is 0. The van der Waals surface area contributed by atoms with Crippen LogP contribution in [0.4, 0.5) is 4.79 Å². The Balaban J connectivity index is 1.88. The summed E-state index contributed by atoms with van der Waals surface area (Å²) in [5.74, 6) is -0.677. The quantitative estimate of drug-likeness (QED) is 0.779. The van der Waals surface area contributed by atoms with Gasteiger partial charge in [-0.15, -0.1) is 0 Å². The topological polar surface area (TPSA) is 88.1 Å². The molecule has 0 aromatic rings. The van der Waals surface area contributed by atoms with Crippen molar-refractivity contribution < 1.29 is 24.2 Å². The molecule has 2 fully saturated rings. The summed E-state index contributed by atoms with van der Waals surface area (Å²) in [7, 11) is 1.53. The van der Waals surface area contributed by atoms with E-state index in [4.69, 9.17) is 9.47 Å². The van der Waals surface area contributed by atoms with Crippen LogP contribution in [-0.4, -0.2) is 67.1 Å². The Morgan fingerprint density at radius 2 is 2.24 bits per heavy atom. The maximum atomic E-state index is 12.2. The maximum Gasteiger partial charge on any atom is 0.326 e. The highest BCUT2D eigenvalue weighted by atomic mass is 16.5. The zero-order chi connectivity index (χ0) is 15.4. The van der Waals surface area contributed by atoms with Gasteiger partial charge >= 0.3 is 12.0 Å². The van der Waals surface area contributed by atoms with Gasteiger partial charge in [0.1, 0.15) is 6.04 Å². The number of carbonyl (C=O) groups excluding carboxylic acids is 1. The number of amides is 2. The Bertz CT molecular complexity index is 390. The van der Waals surface area contributed by atoms with Gasteiger partial charge in [0.25, 0.3) is 0 Å². The summed E-state index contributed by atoms with van der Waals surface area (Å²) in [6, 6.07) is -1.14. The van der Waals surface area contributed by atoms with Crippen molar-refractivity contribution in [2.75, 3.05) is 26.8 Å². The molecule has 2 heterocycles. The fraction of sp³-hybridized carbons (Fsp3) is 0.857. The van der Waals surface area contributed by atoms with E-state index in [-0.39, 0.29) is 18.2 Å². The summed E-state index contributed by atoms with van der Waals surface area (Å²) in [6.07, 6.45) is 2.17. The summed E-state index contributed by atoms with van der Waals surface area (Å²) in [4.78, 5) is 24.8. The molecule has 2 N–H and O–H groups in total. The molecule has 4 unspecified atom stereocenters. The van der Waals surface area contributed by atoms with E-state index in [0.29, 0.717) is 25.4 Å². The molecule has 0 radical (unpaired) electrons. The average Bonchev–Trinajstić information content (AvgIpc) is 3.10. The van der Waals surface area contributed by atoms with Crippen LogP contribution < -0.4 is 5.32 Å². The number of likely N-dealkylation sites (tertiary alicyclic amines) is 1. The second-order valence-corrected chi connectivity index (χ2v) is 5.65. The van der Waals surface area contributed by atoms with E-state index in [1.807, 2.05) is 0 Å². The Labute approximate surface area is 124 Å². The van der Waals surface area contributed by atoms with E-state index in [1.54, 1.807) is 0 Å². The van der Waals surface area contributed by atoms with Crippen LogP contribution in [0.1, 0.15) is 26.2 Å². The molecule has 21 heavy (non-hydrogen) atoms. The number of urea groups is 1. The zero-order valence-electron chi connectivity index (χ0n) is 12.6. The van der Waals surface area contributed by atoms with Gasteiger partial charge in [-0.05, 0) is 12.8 Å². The van der Waals surface area contributed by atoms with Crippen LogP contribution in [0.2, 0.25) is 0 Å². The fourth-order valence-electron chi connectivity index (χ4n) is 3.12. The Morgan fingerprint density at radius 3 is 2.86 bits per heavy atom. The van der Waals surface area contributed by atoms with Crippen molar-refractivity contribution in [3.05, 3.63) is 0 Å². The largest absolute Gasteiger partial charge is 0.480 e. The molecular formula is C14H24N2O5. The van der Waals surface area contributed by atoms with E-state index >= 15 is 0 Å². The van der Waals surface area contributed by atoms with Crippen LogP contribution in [0.25, 0.3) is 0 Å². The van der Waals surface area contributed by atoms with Gasteiger partial charge in [-0.25, -0.2) is 9.59 Å². The van der Waals surface area contributed by atoms with Gasteiger partial charge in [0, 0.05) is 39.1 Å². The number of carboxylic acids is 1. The number of carboxylic acid groups (broad SMARTS) is 1. The minimum Gasteiger partial charge on any atom is -0.480 e. The van der Waals surface area contributed by atoms with Gasteiger partial charge in [-0.3, -0.25) is 0 Å². The molecule has 0 aromatic carbocycles. The molecule has 2 aliphatic heterocycles. The molecule has 0 aliphatic carbocycles. The predicted octanol–water partition coefficient (Wildman–Crippen LogP) is 0.685. The molecule has 0 spiro atoms. The molecule has 2 saturated heterocycles. The van der Waals surface area contributed by atoms with E-state index in [1.165, 1.54) is 12.0 Å². The van der Waals surface area contributed by atoms with Crippen LogP contribution in [0.3, 0.4) is 0 Å². The first kappa shape index (κ1) is 16.0. The molecule has 120 valence electrons. The lowest BCUT2D eigenvalue weighted by atomic mass is 10.00. The van der Waals surface area contributed by atoms with Crippen LogP contribution in [0, 0.1) is 5.92 Å². The van der Waals surface area contributed by atoms with Gasteiger partial charge in [-0.1, -0.05) is 6.92 Å². The van der Waals surface area contributed by atoms with Gasteiger partial charge in [0.05, 0.1) is 12.2 Å². The Kier molecular flexibility index (Phi) is 5.41. The van der Waals surface area contributed by atoms with Crippen molar-refractivity contribution in [2.24, 2.45) is 5.92 Å². The van der Waals surface area contributed by atoms with E-state index in [9.17, 15) is 14.7 Å². The van der Waals surface area contributed by atoms with Gasteiger partial charge in [0.15, 0.2) is 0 Å². The first-order valence-corrected chi connectivity index (χ1v) is 7.48. The van der Waals surface area contributed by atoms with Crippen molar-refractivity contribution in [3.63, 3.8) is 0 Å². The van der Waals surface area contributed by atoms with Crippen LogP contribution >= 0.6 is 0 Å². The minimum atomic E-state index is -0.986. The summed E-state index contributed by atoms with van der Waals surface area (Å²) < 4.78 is 10.8. The van der Waals surface area contributed by atoms with Gasteiger partial charge < -0.3 is 24.8 Å². The number of carbonyl (C=O) groups is 2. The molecule has 0 saturated carbocycles. The summed E-state index contributed by atoms with van der Waals surface area (Å²) in [5, 5.41) is 12.1. The van der Waals surface area contributed by atoms with Crippen molar-refractivity contribution >= 4 is 12.0 Å². The highest BCUT2D eigenvalue weighted by Gasteiger charge is 2.40. The van der Waals surface area contributed by atoms with Gasteiger partial charge in [0.2, 0.25) is 0 Å². The number of nitrogens with one attached hydrogen (secondary N) is 1. The monoisotopic (exact) mass is 300 g/mol. The third-order valence-electron chi connectivity index (χ3n) is 4.41. The second-order valence-electron chi connectivity index (χ2n) is 5.65. The molecule has 2 aliphatic rings. The number of hydrogen-bond donors (Lipinski definition) is 2. The van der Waals surface area contributed by atoms with Crippen molar-refractivity contribution in [1.29, 1.82) is 0 Å². The van der Waals surface area contributed by atoms with E-state index < -0.39 is 12.0 Å². The van der Waals surface area contributed by atoms with Crippen LogP contribution in [0.5, 0.6) is 0 Å². The number of nitrogens with zero attached hydrogens (tertiary/aromatic N) is 1.